The average Bonchev–Trinajstić information content (AvgIpc) is 3.25. The summed E-state index contributed by atoms with van der Waals surface area (Å²) in [6.45, 7) is 1.11. The van der Waals surface area contributed by atoms with E-state index in [1.165, 1.54) is 12.1 Å². The third-order valence-corrected chi connectivity index (χ3v) is 4.02. The molecule has 132 valence electrons. The predicted octanol–water partition coefficient (Wildman–Crippen LogP) is 1.69. The van der Waals surface area contributed by atoms with Gasteiger partial charge in [0.1, 0.15) is 0 Å². The van der Waals surface area contributed by atoms with Crippen molar-refractivity contribution in [3.05, 3.63) is 33.8 Å². The van der Waals surface area contributed by atoms with Crippen LogP contribution < -0.4 is 10.6 Å². The van der Waals surface area contributed by atoms with Gasteiger partial charge in [0.05, 0.1) is 17.1 Å². The zero-order chi connectivity index (χ0) is 17.9. The molecule has 1 aliphatic rings. The smallest absolute Gasteiger partial charge is 0.443 e. The summed E-state index contributed by atoms with van der Waals surface area (Å²) in [4.78, 5) is 33.2. The molecule has 2 amide bonds. The first kappa shape index (κ1) is 19.0. The lowest BCUT2D eigenvalue weighted by atomic mass is 9.69. The monoisotopic (exact) mass is 375 g/mol. The summed E-state index contributed by atoms with van der Waals surface area (Å²) in [6, 6.07) is 4.47. The van der Waals surface area contributed by atoms with Crippen LogP contribution in [0, 0.1) is 5.92 Å². The van der Waals surface area contributed by atoms with Gasteiger partial charge < -0.3 is 25.3 Å². The van der Waals surface area contributed by atoms with E-state index < -0.39 is 24.5 Å². The van der Waals surface area contributed by atoms with Crippen LogP contribution in [0.3, 0.4) is 0 Å². The number of benzene rings is 1. The van der Waals surface area contributed by atoms with E-state index in [9.17, 15) is 14.6 Å². The van der Waals surface area contributed by atoms with Crippen LogP contribution in [0.25, 0.3) is 0 Å². The Hall–Kier alpha value is -1.32. The van der Waals surface area contributed by atoms with Crippen molar-refractivity contribution in [3.8, 4) is 0 Å². The number of nitrogens with one attached hydrogen (secondary N) is 2. The second-order valence-corrected chi connectivity index (χ2v) is 6.87. The summed E-state index contributed by atoms with van der Waals surface area (Å²) in [5, 5.41) is 15.5. The standard InChI is InChI=1S/C14H18BCl2N2O5/c1-8(2)5-12(15(22)23-24-15)19-13(20)7-18-14(21)10-6-9(16)3-4-11(10)17/h3-4,6,8,12,22H,5,7H2,1-2H3,(H,18,21)(H,19,20)/q-1/t12-/m0/s1. The largest absolute Gasteiger partial charge is 0.556 e. The van der Waals surface area contributed by atoms with Crippen LogP contribution in [0.2, 0.25) is 10.0 Å². The zero-order valence-corrected chi connectivity index (χ0v) is 14.7. The Bertz CT molecular complexity index is 640. The molecule has 3 N–H and O–H groups in total. The number of rotatable bonds is 7. The highest BCUT2D eigenvalue weighted by Gasteiger charge is 2.48. The molecule has 0 saturated carbocycles. The molecule has 0 aliphatic carbocycles. The third kappa shape index (κ3) is 5.09. The van der Waals surface area contributed by atoms with Crippen LogP contribution in [0.4, 0.5) is 0 Å². The lowest BCUT2D eigenvalue weighted by Crippen LogP contribution is -2.52. The minimum absolute atomic E-state index is 0.174. The molecule has 1 saturated heterocycles. The summed E-state index contributed by atoms with van der Waals surface area (Å²) >= 11 is 11.8. The van der Waals surface area contributed by atoms with Crippen molar-refractivity contribution in [2.75, 3.05) is 6.54 Å². The van der Waals surface area contributed by atoms with E-state index in [1.54, 1.807) is 6.07 Å². The van der Waals surface area contributed by atoms with Gasteiger partial charge in [0.2, 0.25) is 5.91 Å². The fourth-order valence-corrected chi connectivity index (χ4v) is 2.60. The quantitative estimate of drug-likeness (QED) is 0.382. The molecule has 2 rings (SSSR count). The maximum absolute atomic E-state index is 12.1. The summed E-state index contributed by atoms with van der Waals surface area (Å²) < 4.78 is 0. The first-order valence-electron chi connectivity index (χ1n) is 7.47. The molecule has 1 atom stereocenters. The Morgan fingerprint density at radius 2 is 1.96 bits per heavy atom. The maximum Gasteiger partial charge on any atom is 0.443 e. The molecule has 1 aromatic carbocycles. The van der Waals surface area contributed by atoms with Crippen LogP contribution in [0.5, 0.6) is 0 Å². The number of amides is 2. The topological polar surface area (TPSA) is 103 Å². The van der Waals surface area contributed by atoms with Crippen molar-refractivity contribution in [1.82, 2.24) is 10.6 Å². The third-order valence-electron chi connectivity index (χ3n) is 3.46. The van der Waals surface area contributed by atoms with Gasteiger partial charge in [-0.15, -0.1) is 0 Å². The molecular weight excluding hydrogens is 358 g/mol. The van der Waals surface area contributed by atoms with Crippen LogP contribution in [0.1, 0.15) is 30.6 Å². The van der Waals surface area contributed by atoms with Crippen molar-refractivity contribution < 1.29 is 24.2 Å². The molecule has 0 radical (unpaired) electrons. The first-order chi connectivity index (χ1) is 11.2. The van der Waals surface area contributed by atoms with Crippen LogP contribution in [-0.2, 0) is 14.4 Å². The Kier molecular flexibility index (Phi) is 6.11. The minimum Gasteiger partial charge on any atom is -0.556 e. The van der Waals surface area contributed by atoms with Gasteiger partial charge in [-0.2, -0.15) is 0 Å². The van der Waals surface area contributed by atoms with Crippen molar-refractivity contribution in [3.63, 3.8) is 0 Å². The number of hydrogen-bond acceptors (Lipinski definition) is 5. The minimum atomic E-state index is -2.47. The summed E-state index contributed by atoms with van der Waals surface area (Å²) in [5.74, 6) is -1.49. The molecule has 1 heterocycles. The lowest BCUT2D eigenvalue weighted by molar-refractivity contribution is -0.120. The highest BCUT2D eigenvalue weighted by Crippen LogP contribution is 2.27. The van der Waals surface area contributed by atoms with E-state index in [0.717, 1.165) is 0 Å². The van der Waals surface area contributed by atoms with Gasteiger partial charge in [-0.25, -0.2) is 0 Å². The molecule has 0 spiro atoms. The number of hydrogen-bond donors (Lipinski definition) is 3. The van der Waals surface area contributed by atoms with Gasteiger partial charge in [-0.3, -0.25) is 9.59 Å². The SMILES string of the molecule is CC(C)C[C@H](NC(=O)CNC(=O)c1cc(Cl)ccc1Cl)[B-]1(O)OO1. The highest BCUT2D eigenvalue weighted by molar-refractivity contribution is 6.66. The second kappa shape index (κ2) is 7.71. The Morgan fingerprint density at radius 1 is 1.29 bits per heavy atom. The van der Waals surface area contributed by atoms with Gasteiger partial charge in [-0.05, 0) is 30.1 Å². The molecular formula is C14H18BCl2N2O5-. The van der Waals surface area contributed by atoms with Crippen molar-refractivity contribution in [2.24, 2.45) is 5.92 Å². The molecule has 0 aromatic heterocycles. The zero-order valence-electron chi connectivity index (χ0n) is 13.2. The van der Waals surface area contributed by atoms with Gasteiger partial charge >= 0.3 is 6.75 Å². The van der Waals surface area contributed by atoms with E-state index in [4.69, 9.17) is 23.2 Å². The summed E-state index contributed by atoms with van der Waals surface area (Å²) in [6.07, 6.45) is 0.469. The van der Waals surface area contributed by atoms with Crippen molar-refractivity contribution in [2.45, 2.75) is 26.2 Å². The Labute approximate surface area is 149 Å². The lowest BCUT2D eigenvalue weighted by Gasteiger charge is -2.25. The molecule has 1 aromatic rings. The van der Waals surface area contributed by atoms with Crippen molar-refractivity contribution >= 4 is 41.8 Å². The predicted molar refractivity (Wildman–Crippen MR) is 90.3 cm³/mol. The van der Waals surface area contributed by atoms with E-state index in [-0.39, 0.29) is 23.0 Å². The van der Waals surface area contributed by atoms with Gasteiger partial charge in [0, 0.05) is 5.02 Å². The highest BCUT2D eigenvalue weighted by atomic mass is 35.5. The normalized spacial score (nSPS) is 16.6. The van der Waals surface area contributed by atoms with Gasteiger partial charge in [0.25, 0.3) is 5.91 Å². The molecule has 1 fully saturated rings. The number of carbonyl (C=O) groups excluding carboxylic acids is 2. The fraction of sp³-hybridized carbons (Fsp3) is 0.429. The van der Waals surface area contributed by atoms with Crippen LogP contribution in [0.15, 0.2) is 18.2 Å². The average molecular weight is 376 g/mol. The molecule has 1 aliphatic heterocycles. The summed E-state index contributed by atoms with van der Waals surface area (Å²) in [7, 11) is 0. The van der Waals surface area contributed by atoms with E-state index in [2.05, 4.69) is 20.2 Å². The number of carbonyl (C=O) groups is 2. The molecule has 0 bridgehead atoms. The van der Waals surface area contributed by atoms with E-state index in [1.807, 2.05) is 13.8 Å². The van der Waals surface area contributed by atoms with Gasteiger partial charge in [0.15, 0.2) is 0 Å². The number of halogens is 2. The van der Waals surface area contributed by atoms with Crippen molar-refractivity contribution in [1.29, 1.82) is 0 Å². The molecule has 10 heteroatoms. The van der Waals surface area contributed by atoms with E-state index >= 15 is 0 Å². The Morgan fingerprint density at radius 3 is 2.54 bits per heavy atom. The maximum atomic E-state index is 12.1. The van der Waals surface area contributed by atoms with E-state index in [0.29, 0.717) is 11.4 Å². The molecule has 0 unspecified atom stereocenters. The van der Waals surface area contributed by atoms with Gasteiger partial charge in [-0.1, -0.05) is 43.5 Å². The Balaban J connectivity index is 1.90. The first-order valence-corrected chi connectivity index (χ1v) is 8.23. The van der Waals surface area contributed by atoms with Crippen LogP contribution in [-0.4, -0.2) is 36.1 Å². The molecule has 24 heavy (non-hydrogen) atoms. The van der Waals surface area contributed by atoms with Crippen LogP contribution >= 0.6 is 23.2 Å². The second-order valence-electron chi connectivity index (χ2n) is 6.03. The fourth-order valence-electron chi connectivity index (χ4n) is 2.22. The molecule has 7 nitrogen and oxygen atoms in total. The summed E-state index contributed by atoms with van der Waals surface area (Å²) in [5.41, 5.74) is 0.174.